The van der Waals surface area contributed by atoms with Crippen molar-refractivity contribution in [1.82, 2.24) is 4.98 Å². The van der Waals surface area contributed by atoms with Gasteiger partial charge in [-0.3, -0.25) is 4.79 Å². The van der Waals surface area contributed by atoms with Gasteiger partial charge in [0, 0.05) is 11.9 Å². The van der Waals surface area contributed by atoms with Crippen LogP contribution >= 0.6 is 11.3 Å². The minimum Gasteiger partial charge on any atom is -0.469 e. The Morgan fingerprint density at radius 2 is 2.10 bits per heavy atom. The number of thiazole rings is 1. The van der Waals surface area contributed by atoms with E-state index in [0.717, 1.165) is 23.8 Å². The standard InChI is InChI=1S/C15H18N2O2S/c1-3-11-6-4-5-7-12(11)9-16-15-17-13(10-20-15)8-14(18)19-2/h4-7,10H,3,8-9H2,1-2H3,(H,16,17). The van der Waals surface area contributed by atoms with Gasteiger partial charge in [0.25, 0.3) is 0 Å². The SMILES string of the molecule is CCc1ccccc1CNc1nc(CC(=O)OC)cs1. The van der Waals surface area contributed by atoms with Crippen molar-refractivity contribution in [2.75, 3.05) is 12.4 Å². The highest BCUT2D eigenvalue weighted by Crippen LogP contribution is 2.18. The summed E-state index contributed by atoms with van der Waals surface area (Å²) in [6.45, 7) is 2.89. The quantitative estimate of drug-likeness (QED) is 0.831. The summed E-state index contributed by atoms with van der Waals surface area (Å²) >= 11 is 1.50. The number of carbonyl (C=O) groups is 1. The lowest BCUT2D eigenvalue weighted by Gasteiger charge is -2.07. The smallest absolute Gasteiger partial charge is 0.311 e. The van der Waals surface area contributed by atoms with Crippen LogP contribution in [0.15, 0.2) is 29.6 Å². The van der Waals surface area contributed by atoms with Crippen LogP contribution in [0.5, 0.6) is 0 Å². The second kappa shape index (κ2) is 7.05. The van der Waals surface area contributed by atoms with Gasteiger partial charge in [-0.15, -0.1) is 11.3 Å². The van der Waals surface area contributed by atoms with E-state index in [1.54, 1.807) is 0 Å². The molecule has 0 atom stereocenters. The largest absolute Gasteiger partial charge is 0.469 e. The second-order valence-electron chi connectivity index (χ2n) is 4.37. The monoisotopic (exact) mass is 290 g/mol. The molecule has 1 aromatic carbocycles. The minimum absolute atomic E-state index is 0.222. The zero-order valence-electron chi connectivity index (χ0n) is 11.7. The van der Waals surface area contributed by atoms with Gasteiger partial charge in [0.1, 0.15) is 0 Å². The molecule has 0 saturated carbocycles. The summed E-state index contributed by atoms with van der Waals surface area (Å²) in [5.41, 5.74) is 3.36. The van der Waals surface area contributed by atoms with Crippen LogP contribution in [-0.4, -0.2) is 18.1 Å². The number of hydrogen-bond donors (Lipinski definition) is 1. The number of nitrogens with one attached hydrogen (secondary N) is 1. The molecule has 0 bridgehead atoms. The van der Waals surface area contributed by atoms with Crippen LogP contribution in [0.25, 0.3) is 0 Å². The van der Waals surface area contributed by atoms with Crippen LogP contribution < -0.4 is 5.32 Å². The molecule has 20 heavy (non-hydrogen) atoms. The van der Waals surface area contributed by atoms with Crippen molar-refractivity contribution in [3.05, 3.63) is 46.5 Å². The van der Waals surface area contributed by atoms with E-state index in [2.05, 4.69) is 40.2 Å². The second-order valence-corrected chi connectivity index (χ2v) is 5.23. The van der Waals surface area contributed by atoms with Crippen LogP contribution in [0.4, 0.5) is 5.13 Å². The van der Waals surface area contributed by atoms with Crippen molar-refractivity contribution in [2.24, 2.45) is 0 Å². The van der Waals surface area contributed by atoms with Crippen LogP contribution in [0.1, 0.15) is 23.7 Å². The number of benzene rings is 1. The van der Waals surface area contributed by atoms with E-state index in [9.17, 15) is 4.79 Å². The van der Waals surface area contributed by atoms with Gasteiger partial charge in [-0.2, -0.15) is 0 Å². The molecule has 0 aliphatic heterocycles. The number of carbonyl (C=O) groups excluding carboxylic acids is 1. The summed E-state index contributed by atoms with van der Waals surface area (Å²) in [6, 6.07) is 8.36. The number of nitrogens with zero attached hydrogens (tertiary/aromatic N) is 1. The average Bonchev–Trinajstić information content (AvgIpc) is 2.92. The van der Waals surface area contributed by atoms with Crippen molar-refractivity contribution >= 4 is 22.4 Å². The Morgan fingerprint density at radius 1 is 1.35 bits per heavy atom. The van der Waals surface area contributed by atoms with Crippen LogP contribution in [-0.2, 0) is 28.9 Å². The molecule has 0 aliphatic rings. The van der Waals surface area contributed by atoms with E-state index in [-0.39, 0.29) is 12.4 Å². The Morgan fingerprint density at radius 3 is 2.80 bits per heavy atom. The predicted molar refractivity (Wildman–Crippen MR) is 81.0 cm³/mol. The lowest BCUT2D eigenvalue weighted by molar-refractivity contribution is -0.139. The lowest BCUT2D eigenvalue weighted by Crippen LogP contribution is -2.05. The molecule has 0 fully saturated rings. The Balaban J connectivity index is 1.96. The van der Waals surface area contributed by atoms with Crippen LogP contribution in [0.3, 0.4) is 0 Å². The fourth-order valence-electron chi connectivity index (χ4n) is 1.94. The summed E-state index contributed by atoms with van der Waals surface area (Å²) in [6.07, 6.45) is 1.24. The highest BCUT2D eigenvalue weighted by atomic mass is 32.1. The summed E-state index contributed by atoms with van der Waals surface area (Å²) in [7, 11) is 1.38. The number of methoxy groups -OCH3 is 1. The number of esters is 1. The number of rotatable bonds is 6. The molecule has 0 amide bonds. The van der Waals surface area contributed by atoms with Crippen molar-refractivity contribution in [1.29, 1.82) is 0 Å². The molecular weight excluding hydrogens is 272 g/mol. The molecule has 2 rings (SSSR count). The third-order valence-corrected chi connectivity index (χ3v) is 3.88. The first-order chi connectivity index (χ1) is 9.72. The van der Waals surface area contributed by atoms with Gasteiger partial charge in [0.15, 0.2) is 5.13 Å². The highest BCUT2D eigenvalue weighted by Gasteiger charge is 2.08. The topological polar surface area (TPSA) is 51.2 Å². The third kappa shape index (κ3) is 3.81. The molecule has 106 valence electrons. The Kier molecular flexibility index (Phi) is 5.12. The van der Waals surface area contributed by atoms with E-state index in [1.165, 1.54) is 29.6 Å². The summed E-state index contributed by atoms with van der Waals surface area (Å²) in [5.74, 6) is -0.266. The van der Waals surface area contributed by atoms with Crippen LogP contribution in [0, 0.1) is 0 Å². The molecule has 5 heteroatoms. The van der Waals surface area contributed by atoms with Crippen molar-refractivity contribution in [2.45, 2.75) is 26.3 Å². The Hall–Kier alpha value is -1.88. The summed E-state index contributed by atoms with van der Waals surface area (Å²) < 4.78 is 4.63. The number of hydrogen-bond acceptors (Lipinski definition) is 5. The van der Waals surface area contributed by atoms with Gasteiger partial charge < -0.3 is 10.1 Å². The molecule has 0 radical (unpaired) electrons. The molecule has 0 saturated heterocycles. The normalized spacial score (nSPS) is 10.3. The number of aromatic nitrogens is 1. The van der Waals surface area contributed by atoms with Gasteiger partial charge in [0.05, 0.1) is 19.2 Å². The Bertz CT molecular complexity index is 581. The first-order valence-corrected chi connectivity index (χ1v) is 7.42. The molecule has 1 N–H and O–H groups in total. The van der Waals surface area contributed by atoms with E-state index >= 15 is 0 Å². The highest BCUT2D eigenvalue weighted by molar-refractivity contribution is 7.13. The molecule has 1 heterocycles. The molecule has 0 unspecified atom stereocenters. The predicted octanol–water partition coefficient (Wildman–Crippen LogP) is 3.03. The third-order valence-electron chi connectivity index (χ3n) is 3.03. The van der Waals surface area contributed by atoms with E-state index in [0.29, 0.717) is 0 Å². The number of aryl methyl sites for hydroxylation is 1. The van der Waals surface area contributed by atoms with Gasteiger partial charge >= 0.3 is 5.97 Å². The maximum absolute atomic E-state index is 11.2. The van der Waals surface area contributed by atoms with Crippen molar-refractivity contribution in [3.63, 3.8) is 0 Å². The van der Waals surface area contributed by atoms with Gasteiger partial charge in [0.2, 0.25) is 0 Å². The lowest BCUT2D eigenvalue weighted by atomic mass is 10.1. The van der Waals surface area contributed by atoms with E-state index in [4.69, 9.17) is 0 Å². The average molecular weight is 290 g/mol. The molecule has 0 aliphatic carbocycles. The number of ether oxygens (including phenoxy) is 1. The number of anilines is 1. The van der Waals surface area contributed by atoms with Gasteiger partial charge in [-0.05, 0) is 17.5 Å². The molecule has 1 aromatic heterocycles. The first kappa shape index (κ1) is 14.5. The minimum atomic E-state index is -0.266. The van der Waals surface area contributed by atoms with Crippen molar-refractivity contribution in [3.8, 4) is 0 Å². The zero-order chi connectivity index (χ0) is 14.4. The molecule has 2 aromatic rings. The van der Waals surface area contributed by atoms with E-state index < -0.39 is 0 Å². The maximum Gasteiger partial charge on any atom is 0.311 e. The fraction of sp³-hybridized carbons (Fsp3) is 0.333. The molecular formula is C15H18N2O2S. The van der Waals surface area contributed by atoms with Gasteiger partial charge in [-0.25, -0.2) is 4.98 Å². The van der Waals surface area contributed by atoms with Crippen LogP contribution in [0.2, 0.25) is 0 Å². The Labute approximate surface area is 122 Å². The van der Waals surface area contributed by atoms with E-state index in [1.807, 2.05) is 11.4 Å². The van der Waals surface area contributed by atoms with Crippen molar-refractivity contribution < 1.29 is 9.53 Å². The maximum atomic E-state index is 11.2. The molecule has 0 spiro atoms. The van der Waals surface area contributed by atoms with Gasteiger partial charge in [-0.1, -0.05) is 31.2 Å². The molecule has 4 nitrogen and oxygen atoms in total. The summed E-state index contributed by atoms with van der Waals surface area (Å²) in [5, 5.41) is 6.01. The first-order valence-electron chi connectivity index (χ1n) is 6.54. The summed E-state index contributed by atoms with van der Waals surface area (Å²) in [4.78, 5) is 15.6. The zero-order valence-corrected chi connectivity index (χ0v) is 12.5. The fourth-order valence-corrected chi connectivity index (χ4v) is 2.64.